The molecule has 8 heteroatoms. The lowest BCUT2D eigenvalue weighted by molar-refractivity contribution is 0.102. The Morgan fingerprint density at radius 3 is 2.77 bits per heavy atom. The molecule has 0 saturated carbocycles. The Morgan fingerprint density at radius 1 is 1.41 bits per heavy atom. The average Bonchev–Trinajstić information content (AvgIpc) is 2.88. The summed E-state index contributed by atoms with van der Waals surface area (Å²) in [6.45, 7) is 5.00. The van der Waals surface area contributed by atoms with Gasteiger partial charge in [0.1, 0.15) is 5.82 Å². The number of carbonyl (C=O) groups is 1. The van der Waals surface area contributed by atoms with E-state index in [1.807, 2.05) is 13.0 Å². The molecule has 7 nitrogen and oxygen atoms in total. The Hall–Kier alpha value is -1.93. The van der Waals surface area contributed by atoms with E-state index in [9.17, 15) is 4.79 Å². The molecular formula is C14H16BrN5O2. The van der Waals surface area contributed by atoms with E-state index in [-0.39, 0.29) is 5.91 Å². The van der Waals surface area contributed by atoms with E-state index in [0.717, 1.165) is 37.7 Å². The molecule has 2 N–H and O–H groups in total. The number of ether oxygens (including phenoxy) is 1. The zero-order chi connectivity index (χ0) is 15.5. The number of aromatic nitrogens is 3. The Bertz CT molecular complexity index is 664. The molecule has 1 saturated heterocycles. The van der Waals surface area contributed by atoms with Crippen molar-refractivity contribution in [3.05, 3.63) is 34.2 Å². The predicted octanol–water partition coefficient (Wildman–Crippen LogP) is 1.96. The van der Waals surface area contributed by atoms with E-state index < -0.39 is 0 Å². The molecule has 0 aliphatic carbocycles. The van der Waals surface area contributed by atoms with Crippen LogP contribution >= 0.6 is 15.9 Å². The highest BCUT2D eigenvalue weighted by molar-refractivity contribution is 9.10. The zero-order valence-electron chi connectivity index (χ0n) is 12.1. The first kappa shape index (κ1) is 15.0. The summed E-state index contributed by atoms with van der Waals surface area (Å²) in [5.74, 6) is 0.192. The summed E-state index contributed by atoms with van der Waals surface area (Å²) in [7, 11) is 0. The van der Waals surface area contributed by atoms with E-state index in [4.69, 9.17) is 4.74 Å². The van der Waals surface area contributed by atoms with Crippen LogP contribution in [-0.2, 0) is 4.74 Å². The van der Waals surface area contributed by atoms with Crippen molar-refractivity contribution >= 4 is 33.3 Å². The number of hydrogen-bond donors (Lipinski definition) is 2. The Labute approximate surface area is 136 Å². The summed E-state index contributed by atoms with van der Waals surface area (Å²) in [5.41, 5.74) is 2.15. The molecule has 0 unspecified atom stereocenters. The third-order valence-corrected chi connectivity index (χ3v) is 4.42. The zero-order valence-corrected chi connectivity index (χ0v) is 13.7. The molecule has 116 valence electrons. The Morgan fingerprint density at radius 2 is 2.18 bits per heavy atom. The SMILES string of the molecule is Cc1[nH]nc(C(=O)Nc2ccc(N3CCOCC3)cn2)c1Br. The summed E-state index contributed by atoms with van der Waals surface area (Å²) in [5, 5.41) is 9.46. The molecule has 3 heterocycles. The summed E-state index contributed by atoms with van der Waals surface area (Å²) in [6, 6.07) is 3.73. The summed E-state index contributed by atoms with van der Waals surface area (Å²) in [4.78, 5) is 18.6. The van der Waals surface area contributed by atoms with Gasteiger partial charge in [-0.2, -0.15) is 5.10 Å². The number of amides is 1. The van der Waals surface area contributed by atoms with Crippen LogP contribution in [-0.4, -0.2) is 47.4 Å². The first-order valence-corrected chi connectivity index (χ1v) is 7.75. The third kappa shape index (κ3) is 3.12. The fourth-order valence-electron chi connectivity index (χ4n) is 2.21. The summed E-state index contributed by atoms with van der Waals surface area (Å²) in [6.07, 6.45) is 1.76. The van der Waals surface area contributed by atoms with Crippen molar-refractivity contribution in [1.82, 2.24) is 15.2 Å². The lowest BCUT2D eigenvalue weighted by Crippen LogP contribution is -2.36. The van der Waals surface area contributed by atoms with Gasteiger partial charge in [-0.25, -0.2) is 4.98 Å². The van der Waals surface area contributed by atoms with Crippen molar-refractivity contribution in [3.8, 4) is 0 Å². The quantitative estimate of drug-likeness (QED) is 0.868. The fraction of sp³-hybridized carbons (Fsp3) is 0.357. The number of H-pyrrole nitrogens is 1. The molecule has 22 heavy (non-hydrogen) atoms. The third-order valence-electron chi connectivity index (χ3n) is 3.45. The minimum Gasteiger partial charge on any atom is -0.378 e. The van der Waals surface area contributed by atoms with Crippen LogP contribution in [0.5, 0.6) is 0 Å². The maximum Gasteiger partial charge on any atom is 0.278 e. The average molecular weight is 366 g/mol. The van der Waals surface area contributed by atoms with Crippen LogP contribution < -0.4 is 10.2 Å². The van der Waals surface area contributed by atoms with E-state index >= 15 is 0 Å². The largest absolute Gasteiger partial charge is 0.378 e. The van der Waals surface area contributed by atoms with Crippen LogP contribution in [0.15, 0.2) is 22.8 Å². The van der Waals surface area contributed by atoms with Gasteiger partial charge in [-0.1, -0.05) is 0 Å². The van der Waals surface area contributed by atoms with E-state index in [1.165, 1.54) is 0 Å². The number of hydrogen-bond acceptors (Lipinski definition) is 5. The molecule has 2 aromatic heterocycles. The topological polar surface area (TPSA) is 83.1 Å². The van der Waals surface area contributed by atoms with Gasteiger partial charge in [-0.3, -0.25) is 9.89 Å². The molecule has 0 radical (unpaired) electrons. The minimum atomic E-state index is -0.303. The number of carbonyl (C=O) groups excluding carboxylic acids is 1. The van der Waals surface area contributed by atoms with Gasteiger partial charge < -0.3 is 15.0 Å². The Kier molecular flexibility index (Phi) is 4.39. The van der Waals surface area contributed by atoms with Gasteiger partial charge >= 0.3 is 0 Å². The second-order valence-electron chi connectivity index (χ2n) is 4.97. The van der Waals surface area contributed by atoms with Crippen molar-refractivity contribution in [2.24, 2.45) is 0 Å². The van der Waals surface area contributed by atoms with Crippen molar-refractivity contribution < 1.29 is 9.53 Å². The normalized spacial score (nSPS) is 14.9. The molecule has 1 aliphatic heterocycles. The maximum absolute atomic E-state index is 12.1. The number of anilines is 2. The number of morpholine rings is 1. The maximum atomic E-state index is 12.1. The minimum absolute atomic E-state index is 0.303. The molecule has 2 aromatic rings. The number of aromatic amines is 1. The highest BCUT2D eigenvalue weighted by Gasteiger charge is 2.17. The predicted molar refractivity (Wildman–Crippen MR) is 86.2 cm³/mol. The fourth-order valence-corrected chi connectivity index (χ4v) is 2.57. The van der Waals surface area contributed by atoms with Crippen molar-refractivity contribution in [3.63, 3.8) is 0 Å². The number of nitrogens with zero attached hydrogens (tertiary/aromatic N) is 3. The van der Waals surface area contributed by atoms with Crippen LogP contribution in [0.4, 0.5) is 11.5 Å². The Balaban J connectivity index is 1.68. The number of halogens is 1. The van der Waals surface area contributed by atoms with Crippen LogP contribution in [0.3, 0.4) is 0 Å². The molecule has 1 fully saturated rings. The monoisotopic (exact) mass is 365 g/mol. The number of aryl methyl sites for hydroxylation is 1. The van der Waals surface area contributed by atoms with Crippen molar-refractivity contribution in [2.45, 2.75) is 6.92 Å². The molecule has 0 atom stereocenters. The van der Waals surface area contributed by atoms with Crippen LogP contribution in [0, 0.1) is 6.92 Å². The molecule has 3 rings (SSSR count). The number of rotatable bonds is 3. The number of nitrogens with one attached hydrogen (secondary N) is 2. The van der Waals surface area contributed by atoms with Gasteiger partial charge in [0, 0.05) is 18.8 Å². The lowest BCUT2D eigenvalue weighted by atomic mass is 10.3. The second-order valence-corrected chi connectivity index (χ2v) is 5.76. The van der Waals surface area contributed by atoms with Gasteiger partial charge in [-0.05, 0) is 35.0 Å². The van der Waals surface area contributed by atoms with Gasteiger partial charge in [0.05, 0.1) is 29.6 Å². The molecule has 1 aliphatic rings. The van der Waals surface area contributed by atoms with Crippen LogP contribution in [0.2, 0.25) is 0 Å². The smallest absolute Gasteiger partial charge is 0.278 e. The van der Waals surface area contributed by atoms with Crippen LogP contribution in [0.25, 0.3) is 0 Å². The molecular weight excluding hydrogens is 350 g/mol. The number of pyridine rings is 1. The van der Waals surface area contributed by atoms with E-state index in [2.05, 4.69) is 41.3 Å². The summed E-state index contributed by atoms with van der Waals surface area (Å²) < 4.78 is 5.99. The summed E-state index contributed by atoms with van der Waals surface area (Å²) >= 11 is 3.33. The van der Waals surface area contributed by atoms with Gasteiger partial charge in [-0.15, -0.1) is 0 Å². The highest BCUT2D eigenvalue weighted by Crippen LogP contribution is 2.20. The van der Waals surface area contributed by atoms with Gasteiger partial charge in [0.25, 0.3) is 5.91 Å². The van der Waals surface area contributed by atoms with Crippen molar-refractivity contribution in [1.29, 1.82) is 0 Å². The van der Waals surface area contributed by atoms with E-state index in [1.54, 1.807) is 12.3 Å². The van der Waals surface area contributed by atoms with Gasteiger partial charge in [0.2, 0.25) is 0 Å². The molecule has 0 aromatic carbocycles. The molecule has 1 amide bonds. The lowest BCUT2D eigenvalue weighted by Gasteiger charge is -2.28. The highest BCUT2D eigenvalue weighted by atomic mass is 79.9. The standard InChI is InChI=1S/C14H16BrN5O2/c1-9-12(15)13(19-18-9)14(21)17-11-3-2-10(8-16-11)20-4-6-22-7-5-20/h2-3,8H,4-7H2,1H3,(H,18,19)(H,16,17,21). The second kappa shape index (κ2) is 6.45. The van der Waals surface area contributed by atoms with E-state index in [0.29, 0.717) is 16.0 Å². The van der Waals surface area contributed by atoms with Crippen molar-refractivity contribution in [2.75, 3.05) is 36.5 Å². The van der Waals surface area contributed by atoms with Crippen LogP contribution in [0.1, 0.15) is 16.2 Å². The molecule has 0 spiro atoms. The first-order chi connectivity index (χ1) is 10.6. The first-order valence-electron chi connectivity index (χ1n) is 6.95. The molecule has 0 bridgehead atoms. The van der Waals surface area contributed by atoms with Gasteiger partial charge in [0.15, 0.2) is 5.69 Å².